The van der Waals surface area contributed by atoms with Crippen LogP contribution in [-0.4, -0.2) is 26.2 Å². The molecule has 1 aliphatic rings. The fourth-order valence-electron chi connectivity index (χ4n) is 3.75. The van der Waals surface area contributed by atoms with Gasteiger partial charge in [-0.15, -0.1) is 5.10 Å². The van der Waals surface area contributed by atoms with Gasteiger partial charge in [0.25, 0.3) is 0 Å². The van der Waals surface area contributed by atoms with Crippen molar-refractivity contribution in [2.75, 3.05) is 0 Å². The molecule has 0 amide bonds. The van der Waals surface area contributed by atoms with Gasteiger partial charge < -0.3 is 9.15 Å². The molecule has 4 aromatic rings. The number of rotatable bonds is 4. The van der Waals surface area contributed by atoms with Gasteiger partial charge in [-0.2, -0.15) is 4.68 Å². The largest absolute Gasteiger partial charge is 0.457 e. The number of carbonyl (C=O) groups excluding carboxylic acids is 1. The van der Waals surface area contributed by atoms with Crippen LogP contribution in [0.3, 0.4) is 0 Å². The molecule has 0 radical (unpaired) electrons. The molecule has 8 nitrogen and oxygen atoms in total. The molecule has 0 atom stereocenters. The molecule has 2 aromatic heterocycles. The summed E-state index contributed by atoms with van der Waals surface area (Å²) in [5.41, 5.74) is 3.99. The number of aryl methyl sites for hydroxylation is 2. The average Bonchev–Trinajstić information content (AvgIpc) is 3.42. The lowest BCUT2D eigenvalue weighted by atomic mass is 10.0. The molecule has 0 N–H and O–H groups in total. The van der Waals surface area contributed by atoms with E-state index in [2.05, 4.69) is 15.5 Å². The molecule has 0 spiro atoms. The van der Waals surface area contributed by atoms with E-state index >= 15 is 0 Å². The summed E-state index contributed by atoms with van der Waals surface area (Å²) < 4.78 is 12.3. The van der Waals surface area contributed by atoms with Crippen LogP contribution in [0.1, 0.15) is 33.5 Å². The molecule has 0 fully saturated rings. The summed E-state index contributed by atoms with van der Waals surface area (Å²) in [4.78, 5) is 24.7. The van der Waals surface area contributed by atoms with Crippen LogP contribution < -0.4 is 5.63 Å². The van der Waals surface area contributed by atoms with Gasteiger partial charge in [-0.3, -0.25) is 0 Å². The first kappa shape index (κ1) is 17.3. The molecule has 5 rings (SSSR count). The summed E-state index contributed by atoms with van der Waals surface area (Å²) in [5, 5.41) is 11.8. The zero-order chi connectivity index (χ0) is 19.8. The number of fused-ring (bicyclic) bond motifs is 2. The molecule has 8 heteroatoms. The fourth-order valence-corrected chi connectivity index (χ4v) is 3.75. The van der Waals surface area contributed by atoms with E-state index in [9.17, 15) is 9.59 Å². The van der Waals surface area contributed by atoms with Gasteiger partial charge in [0.1, 0.15) is 18.5 Å². The molecule has 0 unspecified atom stereocenters. The maximum atomic E-state index is 12.7. The van der Waals surface area contributed by atoms with Gasteiger partial charge in [0.15, 0.2) is 0 Å². The summed E-state index contributed by atoms with van der Waals surface area (Å²) in [7, 11) is 0. The second-order valence-corrected chi connectivity index (χ2v) is 6.91. The molecule has 2 aromatic carbocycles. The zero-order valence-electron chi connectivity index (χ0n) is 15.4. The molecule has 2 heterocycles. The predicted octanol–water partition coefficient (Wildman–Crippen LogP) is 2.61. The Bertz CT molecular complexity index is 1280. The Morgan fingerprint density at radius 2 is 1.97 bits per heavy atom. The topological polar surface area (TPSA) is 100 Å². The van der Waals surface area contributed by atoms with Crippen LogP contribution >= 0.6 is 0 Å². The normalized spacial score (nSPS) is 12.8. The summed E-state index contributed by atoms with van der Waals surface area (Å²) in [6.07, 6.45) is 4.49. The first-order chi connectivity index (χ1) is 14.2. The summed E-state index contributed by atoms with van der Waals surface area (Å²) in [6, 6.07) is 12.2. The van der Waals surface area contributed by atoms with Crippen molar-refractivity contribution in [2.45, 2.75) is 25.9 Å². The third-order valence-corrected chi connectivity index (χ3v) is 5.12. The minimum atomic E-state index is -0.529. The highest BCUT2D eigenvalue weighted by Crippen LogP contribution is 2.29. The number of ether oxygens (including phenoxy) is 1. The Morgan fingerprint density at radius 1 is 1.14 bits per heavy atom. The SMILES string of the molecule is O=C(OCc1cc(=O)oc2cc3c(cc12)CCC3)c1ccccc1-n1cnnn1. The maximum Gasteiger partial charge on any atom is 0.340 e. The van der Waals surface area contributed by atoms with Crippen LogP contribution in [0.2, 0.25) is 0 Å². The molecule has 0 saturated heterocycles. The summed E-state index contributed by atoms with van der Waals surface area (Å²) >= 11 is 0. The van der Waals surface area contributed by atoms with Crippen LogP contribution in [0.15, 0.2) is 58.0 Å². The van der Waals surface area contributed by atoms with Crippen molar-refractivity contribution < 1.29 is 13.9 Å². The number of hydrogen-bond acceptors (Lipinski definition) is 7. The van der Waals surface area contributed by atoms with E-state index in [1.165, 1.54) is 28.2 Å². The third-order valence-electron chi connectivity index (χ3n) is 5.12. The number of benzene rings is 2. The van der Waals surface area contributed by atoms with Gasteiger partial charge in [-0.05, 0) is 65.1 Å². The summed E-state index contributed by atoms with van der Waals surface area (Å²) in [5.74, 6) is -0.529. The summed E-state index contributed by atoms with van der Waals surface area (Å²) in [6.45, 7) is -0.0380. The Morgan fingerprint density at radius 3 is 2.79 bits per heavy atom. The van der Waals surface area contributed by atoms with E-state index in [0.29, 0.717) is 22.4 Å². The monoisotopic (exact) mass is 388 g/mol. The molecular weight excluding hydrogens is 372 g/mol. The van der Waals surface area contributed by atoms with Crippen molar-refractivity contribution in [3.05, 3.63) is 81.5 Å². The minimum Gasteiger partial charge on any atom is -0.457 e. The second kappa shape index (κ2) is 6.97. The van der Waals surface area contributed by atoms with Gasteiger partial charge in [-0.1, -0.05) is 12.1 Å². The van der Waals surface area contributed by atoms with Gasteiger partial charge in [-0.25, -0.2) is 9.59 Å². The van der Waals surface area contributed by atoms with Crippen LogP contribution in [0.5, 0.6) is 0 Å². The highest BCUT2D eigenvalue weighted by molar-refractivity contribution is 5.93. The quantitative estimate of drug-likeness (QED) is 0.391. The molecular formula is C21H16N4O4. The molecule has 0 bridgehead atoms. The standard InChI is InChI=1S/C21H16N4O4/c26-20-10-15(17-8-13-4-3-5-14(13)9-19(17)29-20)11-28-21(27)16-6-1-2-7-18(16)25-12-22-23-24-25/h1-2,6-10,12H,3-5,11H2. The smallest absolute Gasteiger partial charge is 0.340 e. The fraction of sp³-hybridized carbons (Fsp3) is 0.190. The van der Waals surface area contributed by atoms with Crippen molar-refractivity contribution in [1.82, 2.24) is 20.2 Å². The van der Waals surface area contributed by atoms with Crippen molar-refractivity contribution in [3.63, 3.8) is 0 Å². The van der Waals surface area contributed by atoms with Gasteiger partial charge in [0.2, 0.25) is 0 Å². The lowest BCUT2D eigenvalue weighted by Crippen LogP contribution is -2.11. The number of para-hydroxylation sites is 1. The molecule has 0 saturated carbocycles. The van der Waals surface area contributed by atoms with E-state index in [1.54, 1.807) is 24.3 Å². The van der Waals surface area contributed by atoms with E-state index in [0.717, 1.165) is 24.6 Å². The first-order valence-electron chi connectivity index (χ1n) is 9.27. The Balaban J connectivity index is 1.46. The van der Waals surface area contributed by atoms with Crippen LogP contribution in [-0.2, 0) is 24.2 Å². The number of hydrogen-bond donors (Lipinski definition) is 0. The maximum absolute atomic E-state index is 12.7. The van der Waals surface area contributed by atoms with Gasteiger partial charge >= 0.3 is 11.6 Å². The zero-order valence-corrected chi connectivity index (χ0v) is 15.4. The lowest BCUT2D eigenvalue weighted by Gasteiger charge is -2.11. The van der Waals surface area contributed by atoms with Crippen LogP contribution in [0.4, 0.5) is 0 Å². The van der Waals surface area contributed by atoms with Crippen molar-refractivity contribution in [3.8, 4) is 5.69 Å². The van der Waals surface area contributed by atoms with Crippen LogP contribution in [0.25, 0.3) is 16.7 Å². The number of aromatic nitrogens is 4. The number of carbonyl (C=O) groups is 1. The van der Waals surface area contributed by atoms with E-state index in [1.807, 2.05) is 12.1 Å². The molecule has 29 heavy (non-hydrogen) atoms. The van der Waals surface area contributed by atoms with Crippen molar-refractivity contribution in [1.29, 1.82) is 0 Å². The minimum absolute atomic E-state index is 0.0380. The Labute approximate surface area is 164 Å². The first-order valence-corrected chi connectivity index (χ1v) is 9.27. The molecule has 0 aliphatic heterocycles. The van der Waals surface area contributed by atoms with Gasteiger partial charge in [0, 0.05) is 17.0 Å². The van der Waals surface area contributed by atoms with E-state index in [4.69, 9.17) is 9.15 Å². The molecule has 1 aliphatic carbocycles. The Kier molecular flexibility index (Phi) is 4.16. The highest BCUT2D eigenvalue weighted by atomic mass is 16.5. The number of nitrogens with zero attached hydrogens (tertiary/aromatic N) is 4. The second-order valence-electron chi connectivity index (χ2n) is 6.91. The number of esters is 1. The van der Waals surface area contributed by atoms with Gasteiger partial charge in [0.05, 0.1) is 11.3 Å². The number of tetrazole rings is 1. The predicted molar refractivity (Wildman–Crippen MR) is 103 cm³/mol. The lowest BCUT2D eigenvalue weighted by molar-refractivity contribution is 0.0473. The van der Waals surface area contributed by atoms with E-state index in [-0.39, 0.29) is 6.61 Å². The third kappa shape index (κ3) is 3.18. The van der Waals surface area contributed by atoms with Crippen LogP contribution in [0, 0.1) is 0 Å². The highest BCUT2D eigenvalue weighted by Gasteiger charge is 2.18. The van der Waals surface area contributed by atoms with Crippen molar-refractivity contribution >= 4 is 16.9 Å². The van der Waals surface area contributed by atoms with E-state index < -0.39 is 11.6 Å². The molecule has 144 valence electrons. The average molecular weight is 388 g/mol. The Hall–Kier alpha value is -3.81. The van der Waals surface area contributed by atoms with Crippen molar-refractivity contribution in [2.24, 2.45) is 0 Å².